The number of hydrogen-bond donors (Lipinski definition) is 1. The molecule has 232 valence electrons. The lowest BCUT2D eigenvalue weighted by Gasteiger charge is -2.22. The van der Waals surface area contributed by atoms with E-state index in [4.69, 9.17) is 12.2 Å². The number of halogens is 4. The number of aryl methyl sites for hydroxylation is 1. The van der Waals surface area contributed by atoms with Crippen molar-refractivity contribution in [3.05, 3.63) is 77.6 Å². The first-order chi connectivity index (χ1) is 19.9. The molecule has 0 spiro atoms. The normalized spacial score (nSPS) is 12.9. The SMILES string of the molecule is Cc1ccc(S(=O)(=O)N(C)C)cc1NC(=S)C(=C([O-])c1ccc(OC(F)F)cc1OC(F)F)[n+]1ccc(C(C)(C)C)cc1. The topological polar surface area (TPSA) is 94.8 Å². The smallest absolute Gasteiger partial charge is 0.387 e. The molecule has 3 rings (SSSR count). The highest BCUT2D eigenvalue weighted by atomic mass is 32.2. The molecule has 0 aliphatic carbocycles. The van der Waals surface area contributed by atoms with E-state index in [1.165, 1.54) is 30.8 Å². The van der Waals surface area contributed by atoms with E-state index in [0.29, 0.717) is 5.56 Å². The number of hydrogen-bond acceptors (Lipinski definition) is 6. The number of nitrogens with one attached hydrogen (secondary N) is 1. The molecule has 0 saturated heterocycles. The van der Waals surface area contributed by atoms with E-state index in [1.54, 1.807) is 37.5 Å². The molecule has 0 aliphatic heterocycles. The second-order valence-corrected chi connectivity index (χ2v) is 13.1. The summed E-state index contributed by atoms with van der Waals surface area (Å²) in [6.07, 6.45) is 3.12. The fraction of sp³-hybridized carbons (Fsp3) is 0.310. The van der Waals surface area contributed by atoms with Gasteiger partial charge in [0.05, 0.1) is 4.90 Å². The van der Waals surface area contributed by atoms with Crippen molar-refractivity contribution in [2.75, 3.05) is 19.4 Å². The molecule has 2 aromatic carbocycles. The molecule has 0 saturated carbocycles. The quantitative estimate of drug-likeness (QED) is 0.108. The van der Waals surface area contributed by atoms with Crippen molar-refractivity contribution in [3.8, 4) is 11.5 Å². The Labute approximate surface area is 253 Å². The molecule has 0 amide bonds. The number of rotatable bonds is 10. The fourth-order valence-electron chi connectivity index (χ4n) is 3.89. The molecule has 1 aromatic heterocycles. The van der Waals surface area contributed by atoms with Crippen LogP contribution in [0.15, 0.2) is 65.8 Å². The van der Waals surface area contributed by atoms with Crippen molar-refractivity contribution in [2.24, 2.45) is 0 Å². The highest BCUT2D eigenvalue weighted by Gasteiger charge is 2.25. The van der Waals surface area contributed by atoms with Gasteiger partial charge in [-0.2, -0.15) is 22.1 Å². The largest absolute Gasteiger partial charge is 0.867 e. The number of nitrogens with zero attached hydrogens (tertiary/aromatic N) is 2. The van der Waals surface area contributed by atoms with E-state index in [9.17, 15) is 31.1 Å². The Morgan fingerprint density at radius 3 is 2.12 bits per heavy atom. The van der Waals surface area contributed by atoms with Gasteiger partial charge in [-0.15, -0.1) is 0 Å². The van der Waals surface area contributed by atoms with Crippen LogP contribution in [0.5, 0.6) is 11.5 Å². The number of aromatic nitrogens is 1. The van der Waals surface area contributed by atoms with E-state index in [0.717, 1.165) is 28.1 Å². The Hall–Kier alpha value is -3.75. The number of thiocarbonyl (C=S) groups is 1. The van der Waals surface area contributed by atoms with Gasteiger partial charge in [-0.3, -0.25) is 0 Å². The monoisotopic (exact) mass is 641 g/mol. The average molecular weight is 642 g/mol. The van der Waals surface area contributed by atoms with Crippen LogP contribution in [0.1, 0.15) is 37.5 Å². The molecule has 14 heteroatoms. The maximum atomic E-state index is 14.0. The number of ether oxygens (including phenoxy) is 2. The van der Waals surface area contributed by atoms with Crippen molar-refractivity contribution < 1.29 is 45.1 Å². The van der Waals surface area contributed by atoms with Crippen LogP contribution in [0.25, 0.3) is 11.5 Å². The molecule has 0 radical (unpaired) electrons. The molecular formula is C29H31F4N3O5S2. The zero-order valence-electron chi connectivity index (χ0n) is 24.2. The summed E-state index contributed by atoms with van der Waals surface area (Å²) in [5, 5.41) is 16.9. The minimum absolute atomic E-state index is 0.0364. The van der Waals surface area contributed by atoms with E-state index in [2.05, 4.69) is 14.8 Å². The third-order valence-corrected chi connectivity index (χ3v) is 8.37. The molecule has 43 heavy (non-hydrogen) atoms. The van der Waals surface area contributed by atoms with Gasteiger partial charge in [0.2, 0.25) is 15.7 Å². The Bertz CT molecular complexity index is 1620. The molecular weight excluding hydrogens is 610 g/mol. The third kappa shape index (κ3) is 8.21. The lowest BCUT2D eigenvalue weighted by molar-refractivity contribution is -0.577. The maximum Gasteiger partial charge on any atom is 0.387 e. The Morgan fingerprint density at radius 2 is 1.58 bits per heavy atom. The lowest BCUT2D eigenvalue weighted by atomic mass is 9.88. The zero-order chi connectivity index (χ0) is 32.3. The summed E-state index contributed by atoms with van der Waals surface area (Å²) in [4.78, 5) is -0.220. The zero-order valence-corrected chi connectivity index (χ0v) is 25.8. The molecule has 0 atom stereocenters. The van der Waals surface area contributed by atoms with Gasteiger partial charge in [0.1, 0.15) is 11.5 Å². The van der Waals surface area contributed by atoms with Crippen molar-refractivity contribution in [1.82, 2.24) is 4.31 Å². The van der Waals surface area contributed by atoms with Gasteiger partial charge in [-0.05, 0) is 53.5 Å². The standard InChI is InChI=1S/C29H31F4N3O5S2/c1-17-7-9-20(43(38,39)35(5)6)16-22(17)34-26(42)24(36-13-11-18(12-14-36)29(2,3)4)25(37)21-10-8-19(40-27(30)31)15-23(21)41-28(32)33/h7-16,27-28H,1-6H3,(H-,34,37,42). The summed E-state index contributed by atoms with van der Waals surface area (Å²) in [6.45, 7) is 1.03. The fourth-order valence-corrected chi connectivity index (χ4v) is 5.13. The van der Waals surface area contributed by atoms with Crippen LogP contribution in [-0.2, 0) is 15.4 Å². The van der Waals surface area contributed by atoms with E-state index in [-0.39, 0.29) is 26.7 Å². The Balaban J connectivity index is 2.22. The van der Waals surface area contributed by atoms with Crippen LogP contribution in [0, 0.1) is 6.92 Å². The average Bonchev–Trinajstić information content (AvgIpc) is 2.89. The molecule has 1 N–H and O–H groups in total. The van der Waals surface area contributed by atoms with Gasteiger partial charge < -0.3 is 19.9 Å². The van der Waals surface area contributed by atoms with Gasteiger partial charge in [-0.1, -0.05) is 39.1 Å². The van der Waals surface area contributed by atoms with Crippen LogP contribution in [-0.4, -0.2) is 45.0 Å². The number of sulfonamides is 1. The second-order valence-electron chi connectivity index (χ2n) is 10.6. The first-order valence-corrected chi connectivity index (χ1v) is 14.6. The molecule has 3 aromatic rings. The summed E-state index contributed by atoms with van der Waals surface area (Å²) < 4.78 is 88.8. The first-order valence-electron chi connectivity index (χ1n) is 12.7. The van der Waals surface area contributed by atoms with Gasteiger partial charge in [0.15, 0.2) is 17.4 Å². The Morgan fingerprint density at radius 1 is 0.977 bits per heavy atom. The highest BCUT2D eigenvalue weighted by molar-refractivity contribution is 7.89. The minimum Gasteiger partial charge on any atom is -0.867 e. The lowest BCUT2D eigenvalue weighted by Crippen LogP contribution is -2.40. The number of alkyl halides is 4. The predicted octanol–water partition coefficient (Wildman–Crippen LogP) is 5.16. The van der Waals surface area contributed by atoms with Crippen molar-refractivity contribution in [3.63, 3.8) is 0 Å². The van der Waals surface area contributed by atoms with Gasteiger partial charge in [0, 0.05) is 43.5 Å². The van der Waals surface area contributed by atoms with Gasteiger partial charge in [-0.25, -0.2) is 12.7 Å². The molecule has 0 bridgehead atoms. The first kappa shape index (κ1) is 33.7. The predicted molar refractivity (Wildman–Crippen MR) is 156 cm³/mol. The van der Waals surface area contributed by atoms with E-state index >= 15 is 0 Å². The highest BCUT2D eigenvalue weighted by Crippen LogP contribution is 2.33. The van der Waals surface area contributed by atoms with Crippen LogP contribution < -0.4 is 24.5 Å². The van der Waals surface area contributed by atoms with Crippen molar-refractivity contribution in [1.29, 1.82) is 0 Å². The van der Waals surface area contributed by atoms with Gasteiger partial charge >= 0.3 is 13.2 Å². The Kier molecular flexibility index (Phi) is 10.4. The second kappa shape index (κ2) is 13.3. The molecule has 0 aliphatic rings. The molecule has 0 unspecified atom stereocenters. The third-order valence-electron chi connectivity index (χ3n) is 6.26. The molecule has 1 heterocycles. The minimum atomic E-state index is -3.81. The van der Waals surface area contributed by atoms with E-state index in [1.807, 2.05) is 20.8 Å². The van der Waals surface area contributed by atoms with Crippen LogP contribution in [0.3, 0.4) is 0 Å². The van der Waals surface area contributed by atoms with Crippen LogP contribution in [0.2, 0.25) is 0 Å². The number of pyridine rings is 1. The molecule has 8 nitrogen and oxygen atoms in total. The summed E-state index contributed by atoms with van der Waals surface area (Å²) >= 11 is 5.62. The van der Waals surface area contributed by atoms with E-state index < -0.39 is 46.1 Å². The van der Waals surface area contributed by atoms with Crippen LogP contribution in [0.4, 0.5) is 23.2 Å². The van der Waals surface area contributed by atoms with Gasteiger partial charge in [0.25, 0.3) is 0 Å². The van der Waals surface area contributed by atoms with Crippen LogP contribution >= 0.6 is 12.2 Å². The summed E-state index contributed by atoms with van der Waals surface area (Å²) in [5.41, 5.74) is 0.926. The molecule has 0 fully saturated rings. The maximum absolute atomic E-state index is 14.0. The van der Waals surface area contributed by atoms with Crippen molar-refractivity contribution in [2.45, 2.75) is 51.2 Å². The number of benzene rings is 2. The number of anilines is 1. The van der Waals surface area contributed by atoms with Crippen molar-refractivity contribution >= 4 is 44.4 Å². The summed E-state index contributed by atoms with van der Waals surface area (Å²) in [6, 6.07) is 10.6. The summed E-state index contributed by atoms with van der Waals surface area (Å²) in [7, 11) is -1.05. The summed E-state index contributed by atoms with van der Waals surface area (Å²) in [5.74, 6) is -2.10.